The summed E-state index contributed by atoms with van der Waals surface area (Å²) in [4.78, 5) is 15.4. The van der Waals surface area contributed by atoms with E-state index in [0.29, 0.717) is 11.3 Å². The number of phenols is 1. The van der Waals surface area contributed by atoms with Crippen LogP contribution < -0.4 is 0 Å². The lowest BCUT2D eigenvalue weighted by molar-refractivity contribution is 0.0966. The molecule has 1 aliphatic rings. The smallest absolute Gasteiger partial charge is 0.182 e. The minimum absolute atomic E-state index is 0.0401. The molecule has 3 rings (SSSR count). The van der Waals surface area contributed by atoms with Gasteiger partial charge in [0.15, 0.2) is 5.78 Å². The van der Waals surface area contributed by atoms with Crippen LogP contribution in [-0.4, -0.2) is 34.7 Å². The van der Waals surface area contributed by atoms with E-state index in [1.54, 1.807) is 0 Å². The van der Waals surface area contributed by atoms with Crippen LogP contribution in [0.1, 0.15) is 80.9 Å². The minimum atomic E-state index is -0.269. The number of hydrogen-bond donors (Lipinski definition) is 1. The van der Waals surface area contributed by atoms with E-state index in [9.17, 15) is 9.90 Å². The lowest BCUT2D eigenvalue weighted by Gasteiger charge is -2.28. The topological polar surface area (TPSA) is 52.9 Å². The van der Waals surface area contributed by atoms with Gasteiger partial charge in [-0.1, -0.05) is 71.9 Å². The summed E-state index contributed by atoms with van der Waals surface area (Å²) in [7, 11) is 0. The van der Waals surface area contributed by atoms with Gasteiger partial charge in [0.05, 0.1) is 22.7 Å². The normalized spacial score (nSPS) is 18.6. The van der Waals surface area contributed by atoms with Crippen molar-refractivity contribution in [3.8, 4) is 5.75 Å². The lowest BCUT2D eigenvalue weighted by Crippen LogP contribution is -2.32. The highest BCUT2D eigenvalue weighted by Crippen LogP contribution is 2.40. The van der Waals surface area contributed by atoms with E-state index in [1.165, 1.54) is 5.56 Å². The van der Waals surface area contributed by atoms with Crippen molar-refractivity contribution in [2.75, 3.05) is 13.1 Å². The quantitative estimate of drug-likeness (QED) is 0.512. The summed E-state index contributed by atoms with van der Waals surface area (Å²) in [5.74, 6) is 1.41. The van der Waals surface area contributed by atoms with Crippen LogP contribution in [0.4, 0.5) is 0 Å². The zero-order valence-electron chi connectivity index (χ0n) is 19.4. The third kappa shape index (κ3) is 5.03. The molecule has 166 valence electrons. The first-order chi connectivity index (χ1) is 14.4. The zero-order chi connectivity index (χ0) is 23.0. The molecule has 0 saturated carbocycles. The summed E-state index contributed by atoms with van der Waals surface area (Å²) >= 11 is 3.29. The first-order valence-electron chi connectivity index (χ1n) is 10.8. The maximum Gasteiger partial charge on any atom is 0.182 e. The standard InChI is InChI=1S/C26H33BrN2O2/c1-25(2,3)20-14-18(15-21(23(20)31)26(4,5)6)22(30)16-29-13-12-19(24(29)28-27)17-10-8-7-9-11-17/h7-11,14-15,19,31H,12-13,16H2,1-6H3. The van der Waals surface area contributed by atoms with Gasteiger partial charge in [0.25, 0.3) is 0 Å². The maximum absolute atomic E-state index is 13.4. The molecule has 5 heteroatoms. The molecule has 0 amide bonds. The number of amidine groups is 1. The van der Waals surface area contributed by atoms with Gasteiger partial charge in [-0.2, -0.15) is 4.02 Å². The average molecular weight is 485 g/mol. The number of likely N-dealkylation sites (tertiary alicyclic amines) is 1. The molecule has 1 fully saturated rings. The van der Waals surface area contributed by atoms with Crippen molar-refractivity contribution in [1.29, 1.82) is 0 Å². The molecule has 0 aliphatic carbocycles. The Labute approximate surface area is 194 Å². The summed E-state index contributed by atoms with van der Waals surface area (Å²) in [6.07, 6.45) is 0.928. The van der Waals surface area contributed by atoms with Gasteiger partial charge < -0.3 is 10.0 Å². The second kappa shape index (κ2) is 8.78. The van der Waals surface area contributed by atoms with Crippen LogP contribution in [0.15, 0.2) is 46.5 Å². The third-order valence-electron chi connectivity index (χ3n) is 5.99. The van der Waals surface area contributed by atoms with Gasteiger partial charge >= 0.3 is 0 Å². The second-order valence-corrected chi connectivity index (χ2v) is 10.8. The second-order valence-electron chi connectivity index (χ2n) is 10.5. The first kappa shape index (κ1) is 23.5. The Morgan fingerprint density at radius 2 is 1.61 bits per heavy atom. The highest BCUT2D eigenvalue weighted by molar-refractivity contribution is 9.08. The number of halogens is 1. The molecule has 0 aromatic heterocycles. The summed E-state index contributed by atoms with van der Waals surface area (Å²) < 4.78 is 4.36. The molecule has 1 atom stereocenters. The summed E-state index contributed by atoms with van der Waals surface area (Å²) in [5.41, 5.74) is 2.93. The maximum atomic E-state index is 13.4. The molecule has 1 aliphatic heterocycles. The molecular formula is C26H33BrN2O2. The number of phenolic OH excluding ortho intramolecular Hbond substituents is 1. The molecule has 2 aromatic carbocycles. The van der Waals surface area contributed by atoms with E-state index >= 15 is 0 Å². The predicted octanol–water partition coefficient (Wildman–Crippen LogP) is 6.37. The largest absolute Gasteiger partial charge is 0.507 e. The number of rotatable bonds is 4. The number of carbonyl (C=O) groups excluding carboxylic acids is 1. The Balaban J connectivity index is 1.91. The highest BCUT2D eigenvalue weighted by atomic mass is 79.9. The summed E-state index contributed by atoms with van der Waals surface area (Å²) in [5, 5.41) is 10.9. The van der Waals surface area contributed by atoms with Crippen molar-refractivity contribution >= 4 is 27.8 Å². The van der Waals surface area contributed by atoms with E-state index in [-0.39, 0.29) is 29.1 Å². The van der Waals surface area contributed by atoms with E-state index in [1.807, 2.05) is 30.3 Å². The number of aromatic hydroxyl groups is 1. The van der Waals surface area contributed by atoms with Gasteiger partial charge in [-0.25, -0.2) is 0 Å². The number of Topliss-reactive ketones (excluding diaryl/α,β-unsaturated/α-hetero) is 1. The van der Waals surface area contributed by atoms with Crippen LogP contribution >= 0.6 is 16.1 Å². The van der Waals surface area contributed by atoms with Gasteiger partial charge in [-0.3, -0.25) is 4.79 Å². The van der Waals surface area contributed by atoms with Crippen LogP contribution in [0.5, 0.6) is 5.75 Å². The van der Waals surface area contributed by atoms with E-state index in [4.69, 9.17) is 0 Å². The van der Waals surface area contributed by atoms with E-state index < -0.39 is 0 Å². The summed E-state index contributed by atoms with van der Waals surface area (Å²) in [6, 6.07) is 14.0. The molecular weight excluding hydrogens is 452 g/mol. The molecule has 0 spiro atoms. The van der Waals surface area contributed by atoms with E-state index in [2.05, 4.69) is 78.7 Å². The molecule has 1 N–H and O–H groups in total. The minimum Gasteiger partial charge on any atom is -0.507 e. The third-order valence-corrected chi connectivity index (χ3v) is 6.36. The number of hydrogen-bond acceptors (Lipinski definition) is 3. The number of ketones is 1. The Bertz CT molecular complexity index is 950. The van der Waals surface area contributed by atoms with Crippen molar-refractivity contribution in [3.63, 3.8) is 0 Å². The van der Waals surface area contributed by atoms with Crippen LogP contribution in [0.25, 0.3) is 0 Å². The van der Waals surface area contributed by atoms with Gasteiger partial charge in [0.1, 0.15) is 11.6 Å². The molecule has 1 saturated heterocycles. The number of carbonyl (C=O) groups is 1. The van der Waals surface area contributed by atoms with Gasteiger partial charge in [-0.15, -0.1) is 0 Å². The van der Waals surface area contributed by atoms with Crippen molar-refractivity contribution in [2.45, 2.75) is 64.7 Å². The van der Waals surface area contributed by atoms with Crippen LogP contribution in [-0.2, 0) is 10.8 Å². The molecule has 0 bridgehead atoms. The predicted molar refractivity (Wildman–Crippen MR) is 132 cm³/mol. The van der Waals surface area contributed by atoms with Crippen molar-refractivity contribution < 1.29 is 9.90 Å². The lowest BCUT2D eigenvalue weighted by atomic mass is 9.78. The van der Waals surface area contributed by atoms with Crippen molar-refractivity contribution in [3.05, 3.63) is 64.7 Å². The Hall–Kier alpha value is -2.14. The van der Waals surface area contributed by atoms with Crippen LogP contribution in [0.2, 0.25) is 0 Å². The van der Waals surface area contributed by atoms with Crippen LogP contribution in [0, 0.1) is 0 Å². The molecule has 1 heterocycles. The first-order valence-corrected chi connectivity index (χ1v) is 11.5. The molecule has 4 nitrogen and oxygen atoms in total. The monoisotopic (exact) mass is 484 g/mol. The fourth-order valence-electron chi connectivity index (χ4n) is 4.23. The Kier molecular flexibility index (Phi) is 6.66. The van der Waals surface area contributed by atoms with Gasteiger partial charge in [0, 0.05) is 29.2 Å². The van der Waals surface area contributed by atoms with Gasteiger partial charge in [0.2, 0.25) is 0 Å². The average Bonchev–Trinajstić information content (AvgIpc) is 3.09. The van der Waals surface area contributed by atoms with Crippen molar-refractivity contribution in [1.82, 2.24) is 4.90 Å². The highest BCUT2D eigenvalue weighted by Gasteiger charge is 2.33. The zero-order valence-corrected chi connectivity index (χ0v) is 21.0. The SMILES string of the molecule is CC(C)(C)c1cc(C(=O)CN2CCC(c3ccccc3)C2=NBr)cc(C(C)(C)C)c1O. The Morgan fingerprint density at radius 3 is 2.10 bits per heavy atom. The molecule has 0 radical (unpaired) electrons. The fraction of sp³-hybridized carbons (Fsp3) is 0.462. The number of benzene rings is 2. The van der Waals surface area contributed by atoms with E-state index in [0.717, 1.165) is 29.9 Å². The van der Waals surface area contributed by atoms with Crippen LogP contribution in [0.3, 0.4) is 0 Å². The number of nitrogens with zero attached hydrogens (tertiary/aromatic N) is 2. The van der Waals surface area contributed by atoms with Gasteiger partial charge in [-0.05, 0) is 34.9 Å². The summed E-state index contributed by atoms with van der Waals surface area (Å²) in [6.45, 7) is 13.4. The Morgan fingerprint density at radius 1 is 1.06 bits per heavy atom. The molecule has 31 heavy (non-hydrogen) atoms. The molecule has 2 aromatic rings. The van der Waals surface area contributed by atoms with Crippen molar-refractivity contribution in [2.24, 2.45) is 4.02 Å². The fourth-order valence-corrected chi connectivity index (χ4v) is 4.70. The molecule has 1 unspecified atom stereocenters.